The molecule has 0 aliphatic carbocycles. The van der Waals surface area contributed by atoms with Crippen molar-refractivity contribution in [3.05, 3.63) is 0 Å². The summed E-state index contributed by atoms with van der Waals surface area (Å²) in [5.74, 6) is 1.23. The van der Waals surface area contributed by atoms with Crippen LogP contribution in [-0.2, 0) is 0 Å². The van der Waals surface area contributed by atoms with Gasteiger partial charge in [0.25, 0.3) is 0 Å². The molecule has 0 amide bonds. The molecule has 0 aromatic carbocycles. The molecule has 0 aromatic heterocycles. The van der Waals surface area contributed by atoms with E-state index in [1.165, 1.54) is 25.4 Å². The van der Waals surface area contributed by atoms with Gasteiger partial charge >= 0.3 is 0 Å². The molecule has 0 radical (unpaired) electrons. The fourth-order valence-electron chi connectivity index (χ4n) is 2.36. The van der Waals surface area contributed by atoms with Gasteiger partial charge in [-0.05, 0) is 27.2 Å². The maximum Gasteiger partial charge on any atom is 0.0281 e. The standard InChI is InChI=1S/C12H27N3S/c1-12(2,11-14(3)9-10-16-4)15-7-5-13-6-8-15/h13H,5-11H2,1-4H3. The molecule has 0 saturated carbocycles. The summed E-state index contributed by atoms with van der Waals surface area (Å²) in [4.78, 5) is 5.07. The highest BCUT2D eigenvalue weighted by molar-refractivity contribution is 7.98. The first-order valence-corrected chi connectivity index (χ1v) is 7.59. The van der Waals surface area contributed by atoms with E-state index in [0.717, 1.165) is 19.6 Å². The summed E-state index contributed by atoms with van der Waals surface area (Å²) in [5.41, 5.74) is 0.301. The maximum atomic E-state index is 3.42. The molecular formula is C12H27N3S. The predicted octanol–water partition coefficient (Wildman–Crippen LogP) is 0.965. The van der Waals surface area contributed by atoms with Crippen LogP contribution in [0.5, 0.6) is 0 Å². The van der Waals surface area contributed by atoms with Gasteiger partial charge in [-0.15, -0.1) is 0 Å². The summed E-state index contributed by atoms with van der Waals surface area (Å²) >= 11 is 1.93. The van der Waals surface area contributed by atoms with Gasteiger partial charge in [0.2, 0.25) is 0 Å². The first-order valence-electron chi connectivity index (χ1n) is 6.19. The Hall–Kier alpha value is 0.230. The van der Waals surface area contributed by atoms with Crippen molar-refractivity contribution >= 4 is 11.8 Å². The third kappa shape index (κ3) is 4.62. The van der Waals surface area contributed by atoms with Crippen LogP contribution in [0.2, 0.25) is 0 Å². The average molecular weight is 245 g/mol. The molecule has 1 aliphatic heterocycles. The highest BCUT2D eigenvalue weighted by Crippen LogP contribution is 2.16. The fourth-order valence-corrected chi connectivity index (χ4v) is 2.85. The summed E-state index contributed by atoms with van der Waals surface area (Å²) in [6.07, 6.45) is 2.18. The van der Waals surface area contributed by atoms with E-state index < -0.39 is 0 Å². The Bertz CT molecular complexity index is 191. The molecular weight excluding hydrogens is 218 g/mol. The van der Waals surface area contributed by atoms with E-state index >= 15 is 0 Å². The van der Waals surface area contributed by atoms with Crippen molar-refractivity contribution in [3.63, 3.8) is 0 Å². The first-order chi connectivity index (χ1) is 7.56. The van der Waals surface area contributed by atoms with Gasteiger partial charge in [-0.1, -0.05) is 0 Å². The van der Waals surface area contributed by atoms with Gasteiger partial charge in [0.15, 0.2) is 0 Å². The smallest absolute Gasteiger partial charge is 0.0281 e. The molecule has 1 fully saturated rings. The minimum Gasteiger partial charge on any atom is -0.314 e. The lowest BCUT2D eigenvalue weighted by Gasteiger charge is -2.43. The van der Waals surface area contributed by atoms with Crippen molar-refractivity contribution in [1.29, 1.82) is 0 Å². The molecule has 1 heterocycles. The number of nitrogens with one attached hydrogen (secondary N) is 1. The van der Waals surface area contributed by atoms with Crippen molar-refractivity contribution in [2.45, 2.75) is 19.4 Å². The summed E-state index contributed by atoms with van der Waals surface area (Å²) in [6, 6.07) is 0. The molecule has 0 aromatic rings. The van der Waals surface area contributed by atoms with E-state index in [1.54, 1.807) is 0 Å². The van der Waals surface area contributed by atoms with Gasteiger partial charge in [-0.3, -0.25) is 4.90 Å². The molecule has 0 bridgehead atoms. The number of thioether (sulfide) groups is 1. The Morgan fingerprint density at radius 1 is 1.31 bits per heavy atom. The topological polar surface area (TPSA) is 18.5 Å². The van der Waals surface area contributed by atoms with Crippen molar-refractivity contribution in [3.8, 4) is 0 Å². The third-order valence-electron chi connectivity index (χ3n) is 3.31. The van der Waals surface area contributed by atoms with E-state index in [4.69, 9.17) is 0 Å². The molecule has 96 valence electrons. The molecule has 0 atom stereocenters. The monoisotopic (exact) mass is 245 g/mol. The van der Waals surface area contributed by atoms with Crippen molar-refractivity contribution in [2.75, 3.05) is 58.3 Å². The second-order valence-corrected chi connectivity index (χ2v) is 6.27. The summed E-state index contributed by atoms with van der Waals surface area (Å²) in [6.45, 7) is 11.7. The molecule has 0 unspecified atom stereocenters. The lowest BCUT2D eigenvalue weighted by atomic mass is 10.0. The Balaban J connectivity index is 2.36. The third-order valence-corrected chi connectivity index (χ3v) is 3.90. The molecule has 1 rings (SSSR count). The van der Waals surface area contributed by atoms with Gasteiger partial charge in [-0.2, -0.15) is 11.8 Å². The second-order valence-electron chi connectivity index (χ2n) is 5.28. The zero-order valence-electron chi connectivity index (χ0n) is 11.3. The minimum absolute atomic E-state index is 0.301. The van der Waals surface area contributed by atoms with Gasteiger partial charge < -0.3 is 10.2 Å². The lowest BCUT2D eigenvalue weighted by molar-refractivity contribution is 0.0732. The van der Waals surface area contributed by atoms with Crippen LogP contribution in [0, 0.1) is 0 Å². The summed E-state index contributed by atoms with van der Waals surface area (Å²) in [7, 11) is 2.24. The largest absolute Gasteiger partial charge is 0.314 e. The van der Waals surface area contributed by atoms with Crippen LogP contribution in [0.4, 0.5) is 0 Å². The number of hydrogen-bond donors (Lipinski definition) is 1. The van der Waals surface area contributed by atoms with Gasteiger partial charge in [0.1, 0.15) is 0 Å². The van der Waals surface area contributed by atoms with E-state index in [9.17, 15) is 0 Å². The number of hydrogen-bond acceptors (Lipinski definition) is 4. The maximum absolute atomic E-state index is 3.42. The molecule has 3 nitrogen and oxygen atoms in total. The normalized spacial score (nSPS) is 19.3. The number of likely N-dealkylation sites (N-methyl/N-ethyl adjacent to an activating group) is 1. The molecule has 1 aliphatic rings. The predicted molar refractivity (Wildman–Crippen MR) is 74.4 cm³/mol. The number of nitrogens with zero attached hydrogens (tertiary/aromatic N) is 2. The second kappa shape index (κ2) is 6.84. The van der Waals surface area contributed by atoms with Crippen molar-refractivity contribution in [2.24, 2.45) is 0 Å². The Labute approximate surface area is 105 Å². The molecule has 16 heavy (non-hydrogen) atoms. The Morgan fingerprint density at radius 3 is 2.50 bits per heavy atom. The van der Waals surface area contributed by atoms with Crippen molar-refractivity contribution in [1.82, 2.24) is 15.1 Å². The fraction of sp³-hybridized carbons (Fsp3) is 1.00. The molecule has 4 heteroatoms. The van der Waals surface area contributed by atoms with Crippen LogP contribution in [0.3, 0.4) is 0 Å². The van der Waals surface area contributed by atoms with E-state index in [0.29, 0.717) is 5.54 Å². The van der Waals surface area contributed by atoms with Crippen LogP contribution in [0.25, 0.3) is 0 Å². The summed E-state index contributed by atoms with van der Waals surface area (Å²) < 4.78 is 0. The average Bonchev–Trinajstić information content (AvgIpc) is 2.27. The Morgan fingerprint density at radius 2 is 1.94 bits per heavy atom. The van der Waals surface area contributed by atoms with Gasteiger partial charge in [0.05, 0.1) is 0 Å². The zero-order chi connectivity index (χ0) is 12.0. The number of piperazine rings is 1. The SMILES string of the molecule is CSCCN(C)CC(C)(C)N1CCNCC1. The highest BCUT2D eigenvalue weighted by Gasteiger charge is 2.28. The van der Waals surface area contributed by atoms with E-state index in [1.807, 2.05) is 11.8 Å². The van der Waals surface area contributed by atoms with Crippen LogP contribution in [-0.4, -0.2) is 73.7 Å². The van der Waals surface area contributed by atoms with E-state index in [2.05, 4.69) is 42.3 Å². The van der Waals surface area contributed by atoms with E-state index in [-0.39, 0.29) is 0 Å². The quantitative estimate of drug-likeness (QED) is 0.751. The molecule has 1 N–H and O–H groups in total. The Kier molecular flexibility index (Phi) is 6.11. The molecule has 1 saturated heterocycles. The van der Waals surface area contributed by atoms with Gasteiger partial charge in [-0.25, -0.2) is 0 Å². The lowest BCUT2D eigenvalue weighted by Crippen LogP contribution is -2.57. The number of rotatable bonds is 6. The first kappa shape index (κ1) is 14.3. The van der Waals surface area contributed by atoms with Crippen LogP contribution < -0.4 is 5.32 Å². The highest BCUT2D eigenvalue weighted by atomic mass is 32.2. The van der Waals surface area contributed by atoms with Crippen LogP contribution in [0.1, 0.15) is 13.8 Å². The van der Waals surface area contributed by atoms with Crippen molar-refractivity contribution < 1.29 is 0 Å². The molecule has 0 spiro atoms. The van der Waals surface area contributed by atoms with Gasteiger partial charge in [0, 0.05) is 50.6 Å². The van der Waals surface area contributed by atoms with Crippen LogP contribution >= 0.6 is 11.8 Å². The summed E-state index contributed by atoms with van der Waals surface area (Å²) in [5, 5.41) is 3.42. The van der Waals surface area contributed by atoms with Crippen LogP contribution in [0.15, 0.2) is 0 Å². The minimum atomic E-state index is 0.301. The zero-order valence-corrected chi connectivity index (χ0v) is 12.1.